The molecule has 1 heterocycles. The molecule has 1 fully saturated rings. The van der Waals surface area contributed by atoms with E-state index >= 15 is 0 Å². The van der Waals surface area contributed by atoms with Gasteiger partial charge in [-0.05, 0) is 23.3 Å². The Bertz CT molecular complexity index is 310. The molecule has 1 aromatic carbocycles. The Morgan fingerprint density at radius 3 is 3.00 bits per heavy atom. The van der Waals surface area contributed by atoms with Crippen molar-refractivity contribution < 1.29 is 5.11 Å². The SMILES string of the molecule is OCc1cccc(CNC2CCSC2)c1. The van der Waals surface area contributed by atoms with Crippen LogP contribution in [0.25, 0.3) is 0 Å². The Morgan fingerprint density at radius 1 is 1.40 bits per heavy atom. The van der Waals surface area contributed by atoms with Crippen LogP contribution in [0.4, 0.5) is 0 Å². The number of thioether (sulfide) groups is 1. The summed E-state index contributed by atoms with van der Waals surface area (Å²) in [5.41, 5.74) is 2.26. The topological polar surface area (TPSA) is 32.3 Å². The van der Waals surface area contributed by atoms with E-state index in [0.717, 1.165) is 12.1 Å². The molecule has 0 radical (unpaired) electrons. The van der Waals surface area contributed by atoms with Crippen molar-refractivity contribution in [3.8, 4) is 0 Å². The molecule has 1 aliphatic heterocycles. The summed E-state index contributed by atoms with van der Waals surface area (Å²) < 4.78 is 0. The van der Waals surface area contributed by atoms with Gasteiger partial charge in [-0.2, -0.15) is 11.8 Å². The van der Waals surface area contributed by atoms with Gasteiger partial charge in [-0.15, -0.1) is 0 Å². The van der Waals surface area contributed by atoms with E-state index in [4.69, 9.17) is 5.11 Å². The predicted octanol–water partition coefficient (Wildman–Crippen LogP) is 1.77. The molecular weight excluding hydrogens is 206 g/mol. The number of nitrogens with one attached hydrogen (secondary N) is 1. The zero-order chi connectivity index (χ0) is 10.5. The summed E-state index contributed by atoms with van der Waals surface area (Å²) in [7, 11) is 0. The van der Waals surface area contributed by atoms with E-state index < -0.39 is 0 Å². The minimum absolute atomic E-state index is 0.132. The van der Waals surface area contributed by atoms with Crippen molar-refractivity contribution in [2.24, 2.45) is 0 Å². The number of benzene rings is 1. The van der Waals surface area contributed by atoms with E-state index in [2.05, 4.69) is 17.4 Å². The van der Waals surface area contributed by atoms with Crippen molar-refractivity contribution in [1.82, 2.24) is 5.32 Å². The zero-order valence-corrected chi connectivity index (χ0v) is 9.59. The lowest BCUT2D eigenvalue weighted by molar-refractivity contribution is 0.281. The number of aliphatic hydroxyl groups excluding tert-OH is 1. The molecule has 0 amide bonds. The molecule has 0 aliphatic carbocycles. The molecule has 0 aromatic heterocycles. The van der Waals surface area contributed by atoms with Gasteiger partial charge >= 0.3 is 0 Å². The highest BCUT2D eigenvalue weighted by molar-refractivity contribution is 7.99. The van der Waals surface area contributed by atoms with Crippen LogP contribution < -0.4 is 5.32 Å². The summed E-state index contributed by atoms with van der Waals surface area (Å²) in [6.07, 6.45) is 1.28. The fourth-order valence-electron chi connectivity index (χ4n) is 1.80. The van der Waals surface area contributed by atoms with Crippen molar-refractivity contribution in [3.05, 3.63) is 35.4 Å². The molecule has 1 atom stereocenters. The Morgan fingerprint density at radius 2 is 2.27 bits per heavy atom. The van der Waals surface area contributed by atoms with Gasteiger partial charge in [-0.3, -0.25) is 0 Å². The van der Waals surface area contributed by atoms with Crippen molar-refractivity contribution in [2.45, 2.75) is 25.6 Å². The average molecular weight is 223 g/mol. The van der Waals surface area contributed by atoms with Crippen molar-refractivity contribution >= 4 is 11.8 Å². The maximum absolute atomic E-state index is 9.02. The number of aliphatic hydroxyl groups is 1. The highest BCUT2D eigenvalue weighted by Crippen LogP contribution is 2.17. The first-order chi connectivity index (χ1) is 7.38. The highest BCUT2D eigenvalue weighted by atomic mass is 32.2. The van der Waals surface area contributed by atoms with E-state index in [1.165, 1.54) is 23.5 Å². The predicted molar refractivity (Wildman–Crippen MR) is 64.9 cm³/mol. The minimum atomic E-state index is 0.132. The van der Waals surface area contributed by atoms with E-state index in [9.17, 15) is 0 Å². The van der Waals surface area contributed by atoms with Gasteiger partial charge in [-0.25, -0.2) is 0 Å². The van der Waals surface area contributed by atoms with Gasteiger partial charge in [0.15, 0.2) is 0 Å². The Kier molecular flexibility index (Phi) is 4.06. The third-order valence-electron chi connectivity index (χ3n) is 2.70. The van der Waals surface area contributed by atoms with Crippen LogP contribution in [0.1, 0.15) is 17.5 Å². The molecule has 0 saturated carbocycles. The molecule has 3 heteroatoms. The minimum Gasteiger partial charge on any atom is -0.392 e. The second kappa shape index (κ2) is 5.54. The molecule has 1 aliphatic rings. The van der Waals surface area contributed by atoms with Crippen molar-refractivity contribution in [1.29, 1.82) is 0 Å². The van der Waals surface area contributed by atoms with Gasteiger partial charge < -0.3 is 10.4 Å². The van der Waals surface area contributed by atoms with Crippen LogP contribution in [0.5, 0.6) is 0 Å². The number of hydrogen-bond acceptors (Lipinski definition) is 3. The summed E-state index contributed by atoms with van der Waals surface area (Å²) in [5.74, 6) is 2.52. The zero-order valence-electron chi connectivity index (χ0n) is 8.78. The third kappa shape index (κ3) is 3.23. The molecule has 15 heavy (non-hydrogen) atoms. The molecule has 2 nitrogen and oxygen atoms in total. The largest absolute Gasteiger partial charge is 0.392 e. The first-order valence-electron chi connectivity index (χ1n) is 5.38. The van der Waals surface area contributed by atoms with E-state index in [1.807, 2.05) is 23.9 Å². The van der Waals surface area contributed by atoms with Crippen molar-refractivity contribution in [2.75, 3.05) is 11.5 Å². The maximum atomic E-state index is 9.02. The second-order valence-corrected chi connectivity index (χ2v) is 5.07. The molecule has 1 aromatic rings. The monoisotopic (exact) mass is 223 g/mol. The molecule has 0 bridgehead atoms. The van der Waals surface area contributed by atoms with Gasteiger partial charge in [0, 0.05) is 18.3 Å². The molecule has 0 spiro atoms. The van der Waals surface area contributed by atoms with Gasteiger partial charge in [0.25, 0.3) is 0 Å². The van der Waals surface area contributed by atoms with Gasteiger partial charge in [-0.1, -0.05) is 24.3 Å². The first-order valence-corrected chi connectivity index (χ1v) is 6.54. The summed E-state index contributed by atoms with van der Waals surface area (Å²) >= 11 is 2.02. The van der Waals surface area contributed by atoms with Crippen LogP contribution in [-0.4, -0.2) is 22.7 Å². The van der Waals surface area contributed by atoms with Crippen LogP contribution in [0.2, 0.25) is 0 Å². The molecule has 82 valence electrons. The molecule has 1 unspecified atom stereocenters. The Balaban J connectivity index is 1.86. The van der Waals surface area contributed by atoms with Crippen LogP contribution in [0.3, 0.4) is 0 Å². The van der Waals surface area contributed by atoms with E-state index in [1.54, 1.807) is 0 Å². The first kappa shape index (κ1) is 11.0. The Hall–Kier alpha value is -0.510. The fourth-order valence-corrected chi connectivity index (χ4v) is 2.98. The van der Waals surface area contributed by atoms with Crippen LogP contribution in [-0.2, 0) is 13.2 Å². The summed E-state index contributed by atoms with van der Waals surface area (Å²) in [6.45, 7) is 1.05. The normalized spacial score (nSPS) is 20.7. The lowest BCUT2D eigenvalue weighted by atomic mass is 10.1. The smallest absolute Gasteiger partial charge is 0.0681 e. The van der Waals surface area contributed by atoms with Crippen LogP contribution in [0, 0.1) is 0 Å². The Labute approximate surface area is 95.1 Å². The summed E-state index contributed by atoms with van der Waals surface area (Å²) in [4.78, 5) is 0. The van der Waals surface area contributed by atoms with Gasteiger partial charge in [0.2, 0.25) is 0 Å². The molecule has 2 N–H and O–H groups in total. The lowest BCUT2D eigenvalue weighted by Gasteiger charge is -2.11. The number of hydrogen-bond donors (Lipinski definition) is 2. The maximum Gasteiger partial charge on any atom is 0.0681 e. The summed E-state index contributed by atoms with van der Waals surface area (Å²) in [6, 6.07) is 8.80. The van der Waals surface area contributed by atoms with Crippen LogP contribution >= 0.6 is 11.8 Å². The highest BCUT2D eigenvalue weighted by Gasteiger charge is 2.14. The van der Waals surface area contributed by atoms with Gasteiger partial charge in [0.05, 0.1) is 6.61 Å². The standard InChI is InChI=1S/C12H17NOS/c14-8-11-3-1-2-10(6-11)7-13-12-4-5-15-9-12/h1-3,6,12-14H,4-5,7-9H2. The summed E-state index contributed by atoms with van der Waals surface area (Å²) in [5, 5.41) is 12.6. The van der Waals surface area contributed by atoms with E-state index in [-0.39, 0.29) is 6.61 Å². The molecule has 2 rings (SSSR count). The second-order valence-electron chi connectivity index (χ2n) is 3.92. The average Bonchev–Trinajstić information content (AvgIpc) is 2.79. The van der Waals surface area contributed by atoms with Crippen molar-refractivity contribution in [3.63, 3.8) is 0 Å². The molecular formula is C12H17NOS. The third-order valence-corrected chi connectivity index (χ3v) is 3.86. The lowest BCUT2D eigenvalue weighted by Crippen LogP contribution is -2.27. The number of rotatable bonds is 4. The van der Waals surface area contributed by atoms with Crippen LogP contribution in [0.15, 0.2) is 24.3 Å². The molecule has 1 saturated heterocycles. The fraction of sp³-hybridized carbons (Fsp3) is 0.500. The quantitative estimate of drug-likeness (QED) is 0.816. The van der Waals surface area contributed by atoms with Gasteiger partial charge in [0.1, 0.15) is 0 Å². The van der Waals surface area contributed by atoms with E-state index in [0.29, 0.717) is 6.04 Å².